The molecule has 0 aliphatic heterocycles. The first-order valence-electron chi connectivity index (χ1n) is 5.52. The predicted molar refractivity (Wildman–Crippen MR) is 66.9 cm³/mol. The van der Waals surface area contributed by atoms with E-state index in [-0.39, 0.29) is 0 Å². The molecule has 0 amide bonds. The Hall–Kier alpha value is -2.29. The van der Waals surface area contributed by atoms with Crippen molar-refractivity contribution in [3.63, 3.8) is 0 Å². The summed E-state index contributed by atoms with van der Waals surface area (Å²) in [5, 5.41) is 0. The maximum absolute atomic E-state index is 5.69. The van der Waals surface area contributed by atoms with Crippen molar-refractivity contribution in [3.05, 3.63) is 60.4 Å². The highest BCUT2D eigenvalue weighted by molar-refractivity contribution is 5.75. The Kier molecular flexibility index (Phi) is 2.50. The van der Waals surface area contributed by atoms with Gasteiger partial charge in [-0.05, 0) is 11.6 Å². The van der Waals surface area contributed by atoms with Crippen LogP contribution >= 0.6 is 0 Å². The zero-order chi connectivity index (χ0) is 11.5. The molecule has 0 saturated heterocycles. The lowest BCUT2D eigenvalue weighted by atomic mass is 10.2. The van der Waals surface area contributed by atoms with Gasteiger partial charge in [0, 0.05) is 12.3 Å². The third kappa shape index (κ3) is 2.13. The van der Waals surface area contributed by atoms with E-state index in [9.17, 15) is 0 Å². The highest BCUT2D eigenvalue weighted by Crippen LogP contribution is 2.17. The quantitative estimate of drug-likeness (QED) is 0.742. The van der Waals surface area contributed by atoms with Gasteiger partial charge >= 0.3 is 0 Å². The molecule has 17 heavy (non-hydrogen) atoms. The number of hydrogen-bond donors (Lipinski definition) is 1. The smallest absolute Gasteiger partial charge is 0.140 e. The van der Waals surface area contributed by atoms with Gasteiger partial charge in [0.25, 0.3) is 0 Å². The fourth-order valence-corrected chi connectivity index (χ4v) is 1.73. The van der Waals surface area contributed by atoms with E-state index in [0.717, 1.165) is 22.3 Å². The lowest BCUT2D eigenvalue weighted by Gasteiger charge is -2.05. The van der Waals surface area contributed by atoms with Crippen LogP contribution in [0.2, 0.25) is 0 Å². The molecule has 2 heterocycles. The Bertz CT molecular complexity index is 616. The Morgan fingerprint density at radius 2 is 2.00 bits per heavy atom. The molecule has 3 heteroatoms. The Labute approximate surface area is 99.1 Å². The van der Waals surface area contributed by atoms with Gasteiger partial charge in [0.1, 0.15) is 12.4 Å². The van der Waals surface area contributed by atoms with E-state index < -0.39 is 0 Å². The maximum atomic E-state index is 5.69. The summed E-state index contributed by atoms with van der Waals surface area (Å²) in [5.74, 6) is 0.781. The van der Waals surface area contributed by atoms with E-state index in [1.807, 2.05) is 48.7 Å². The normalized spacial score (nSPS) is 10.6. The van der Waals surface area contributed by atoms with Crippen LogP contribution < -0.4 is 4.74 Å². The second kappa shape index (κ2) is 4.29. The fraction of sp³-hybridized carbons (Fsp3) is 0.0714. The Morgan fingerprint density at radius 3 is 2.88 bits per heavy atom. The molecule has 3 nitrogen and oxygen atoms in total. The first-order chi connectivity index (χ1) is 8.42. The lowest BCUT2D eigenvalue weighted by Crippen LogP contribution is -1.95. The summed E-state index contributed by atoms with van der Waals surface area (Å²) in [4.78, 5) is 7.41. The van der Waals surface area contributed by atoms with Gasteiger partial charge in [-0.15, -0.1) is 0 Å². The molecular weight excluding hydrogens is 212 g/mol. The van der Waals surface area contributed by atoms with Crippen molar-refractivity contribution in [2.75, 3.05) is 0 Å². The van der Waals surface area contributed by atoms with Gasteiger partial charge in [-0.3, -0.25) is 4.98 Å². The molecule has 0 atom stereocenters. The Morgan fingerprint density at radius 1 is 1.12 bits per heavy atom. The summed E-state index contributed by atoms with van der Waals surface area (Å²) in [6, 6.07) is 14.0. The van der Waals surface area contributed by atoms with Crippen molar-refractivity contribution >= 4 is 11.0 Å². The number of fused-ring (bicyclic) bond motifs is 1. The van der Waals surface area contributed by atoms with E-state index in [2.05, 4.69) is 9.97 Å². The number of aromatic amines is 1. The zero-order valence-electron chi connectivity index (χ0n) is 9.26. The van der Waals surface area contributed by atoms with Crippen LogP contribution in [-0.4, -0.2) is 9.97 Å². The third-order valence-corrected chi connectivity index (χ3v) is 2.62. The van der Waals surface area contributed by atoms with Crippen molar-refractivity contribution < 1.29 is 4.74 Å². The molecule has 0 bridgehead atoms. The number of pyridine rings is 1. The first kappa shape index (κ1) is 9.90. The molecular formula is C14H12N2O. The predicted octanol–water partition coefficient (Wildman–Crippen LogP) is 3.14. The molecule has 0 spiro atoms. The molecule has 2 aromatic heterocycles. The summed E-state index contributed by atoms with van der Waals surface area (Å²) in [6.07, 6.45) is 3.62. The molecule has 0 aliphatic carbocycles. The second-order valence-electron chi connectivity index (χ2n) is 3.86. The minimum absolute atomic E-state index is 0.564. The van der Waals surface area contributed by atoms with Gasteiger partial charge in [-0.2, -0.15) is 0 Å². The standard InChI is InChI=1S/C14H12N2O/c1-2-4-11(5-3-1)10-17-12-8-14-13(16-9-12)6-7-15-14/h1-9,15H,10H2. The van der Waals surface area contributed by atoms with Crippen molar-refractivity contribution in [1.82, 2.24) is 9.97 Å². The van der Waals surface area contributed by atoms with Crippen molar-refractivity contribution in [2.45, 2.75) is 6.61 Å². The molecule has 1 N–H and O–H groups in total. The van der Waals surface area contributed by atoms with Crippen LogP contribution in [0, 0.1) is 0 Å². The van der Waals surface area contributed by atoms with Gasteiger partial charge in [0.15, 0.2) is 0 Å². The summed E-state index contributed by atoms with van der Waals surface area (Å²) in [6.45, 7) is 0.564. The van der Waals surface area contributed by atoms with Crippen LogP contribution in [0.4, 0.5) is 0 Å². The number of nitrogens with zero attached hydrogens (tertiary/aromatic N) is 1. The van der Waals surface area contributed by atoms with Crippen LogP contribution in [0.3, 0.4) is 0 Å². The molecule has 0 unspecified atom stereocenters. The number of benzene rings is 1. The van der Waals surface area contributed by atoms with Gasteiger partial charge in [-0.1, -0.05) is 30.3 Å². The molecule has 84 valence electrons. The summed E-state index contributed by atoms with van der Waals surface area (Å²) < 4.78 is 5.69. The van der Waals surface area contributed by atoms with Crippen LogP contribution in [0.5, 0.6) is 5.75 Å². The van der Waals surface area contributed by atoms with Crippen LogP contribution in [-0.2, 0) is 6.61 Å². The molecule has 1 aromatic carbocycles. The first-order valence-corrected chi connectivity index (χ1v) is 5.52. The van der Waals surface area contributed by atoms with Crippen molar-refractivity contribution in [3.8, 4) is 5.75 Å². The molecule has 0 saturated carbocycles. The number of rotatable bonds is 3. The van der Waals surface area contributed by atoms with Gasteiger partial charge < -0.3 is 9.72 Å². The van der Waals surface area contributed by atoms with E-state index in [1.165, 1.54) is 0 Å². The third-order valence-electron chi connectivity index (χ3n) is 2.62. The molecule has 0 fully saturated rings. The molecule has 0 aliphatic rings. The van der Waals surface area contributed by atoms with Gasteiger partial charge in [0.2, 0.25) is 0 Å². The van der Waals surface area contributed by atoms with Gasteiger partial charge in [0.05, 0.1) is 17.2 Å². The molecule has 3 rings (SSSR count). The molecule has 0 radical (unpaired) electrons. The monoisotopic (exact) mass is 224 g/mol. The summed E-state index contributed by atoms with van der Waals surface area (Å²) >= 11 is 0. The van der Waals surface area contributed by atoms with Crippen LogP contribution in [0.15, 0.2) is 54.9 Å². The summed E-state index contributed by atoms with van der Waals surface area (Å²) in [5.41, 5.74) is 3.10. The summed E-state index contributed by atoms with van der Waals surface area (Å²) in [7, 11) is 0. The van der Waals surface area contributed by atoms with E-state index in [1.54, 1.807) is 6.20 Å². The minimum Gasteiger partial charge on any atom is -0.487 e. The molecule has 3 aromatic rings. The number of hydrogen-bond acceptors (Lipinski definition) is 2. The van der Waals surface area contributed by atoms with E-state index in [4.69, 9.17) is 4.74 Å². The van der Waals surface area contributed by atoms with Crippen molar-refractivity contribution in [2.24, 2.45) is 0 Å². The zero-order valence-corrected chi connectivity index (χ0v) is 9.26. The number of aromatic nitrogens is 2. The highest BCUT2D eigenvalue weighted by atomic mass is 16.5. The largest absolute Gasteiger partial charge is 0.487 e. The van der Waals surface area contributed by atoms with Gasteiger partial charge in [-0.25, -0.2) is 0 Å². The number of nitrogens with one attached hydrogen (secondary N) is 1. The fourth-order valence-electron chi connectivity index (χ4n) is 1.73. The maximum Gasteiger partial charge on any atom is 0.140 e. The van der Waals surface area contributed by atoms with E-state index in [0.29, 0.717) is 6.61 Å². The minimum atomic E-state index is 0.564. The number of ether oxygens (including phenoxy) is 1. The lowest BCUT2D eigenvalue weighted by molar-refractivity contribution is 0.305. The number of H-pyrrole nitrogens is 1. The topological polar surface area (TPSA) is 37.9 Å². The van der Waals surface area contributed by atoms with Crippen molar-refractivity contribution in [1.29, 1.82) is 0 Å². The average Bonchev–Trinajstić information content (AvgIpc) is 2.85. The SMILES string of the molecule is c1ccc(COc2cnc3cc[nH]c3c2)cc1. The second-order valence-corrected chi connectivity index (χ2v) is 3.86. The highest BCUT2D eigenvalue weighted by Gasteiger charge is 1.99. The van der Waals surface area contributed by atoms with E-state index >= 15 is 0 Å². The van der Waals surface area contributed by atoms with Crippen LogP contribution in [0.1, 0.15) is 5.56 Å². The van der Waals surface area contributed by atoms with Crippen LogP contribution in [0.25, 0.3) is 11.0 Å². The average molecular weight is 224 g/mol. The Balaban J connectivity index is 1.76.